The number of aromatic nitrogens is 2. The van der Waals surface area contributed by atoms with Crippen LogP contribution >= 0.6 is 34.4 Å². The lowest BCUT2D eigenvalue weighted by atomic mass is 10.1. The Balaban J connectivity index is 2.00. The van der Waals surface area contributed by atoms with Crippen molar-refractivity contribution < 1.29 is 9.90 Å². The van der Waals surface area contributed by atoms with Crippen LogP contribution < -0.4 is 0 Å². The number of carboxylic acids is 1. The lowest BCUT2D eigenvalue weighted by molar-refractivity contribution is 0.0701. The molecule has 4 nitrogen and oxygen atoms in total. The molecule has 0 atom stereocenters. The topological polar surface area (TPSA) is 63.1 Å². The van der Waals surface area contributed by atoms with Crippen LogP contribution in [0.4, 0.5) is 0 Å². The number of rotatable bonds is 4. The van der Waals surface area contributed by atoms with Crippen LogP contribution in [0.2, 0.25) is 0 Å². The molecule has 0 radical (unpaired) electrons. The Labute approximate surface area is 121 Å². The summed E-state index contributed by atoms with van der Waals surface area (Å²) in [6.45, 7) is 0. The molecular formula is C12H8N2O2S3. The molecule has 3 aromatic rings. The van der Waals surface area contributed by atoms with Gasteiger partial charge in [0.05, 0.1) is 0 Å². The fraction of sp³-hybridized carbons (Fsp3) is 0.0833. The van der Waals surface area contributed by atoms with Crippen LogP contribution in [-0.2, 0) is 5.75 Å². The molecule has 1 aromatic carbocycles. The third-order valence-electron chi connectivity index (χ3n) is 2.57. The van der Waals surface area contributed by atoms with Gasteiger partial charge in [-0.05, 0) is 17.0 Å². The Bertz CT molecular complexity index is 722. The molecule has 19 heavy (non-hydrogen) atoms. The van der Waals surface area contributed by atoms with Gasteiger partial charge in [0.2, 0.25) is 0 Å². The normalized spacial score (nSPS) is 10.9. The van der Waals surface area contributed by atoms with Crippen LogP contribution in [0.25, 0.3) is 10.1 Å². The number of hydrogen-bond donors (Lipinski definition) is 1. The van der Waals surface area contributed by atoms with Gasteiger partial charge in [0.15, 0.2) is 4.34 Å². The Morgan fingerprint density at radius 3 is 2.95 bits per heavy atom. The lowest BCUT2D eigenvalue weighted by Gasteiger charge is -1.99. The number of nitrogens with zero attached hydrogens (tertiary/aromatic N) is 2. The summed E-state index contributed by atoms with van der Waals surface area (Å²) in [5, 5.41) is 18.0. The van der Waals surface area contributed by atoms with Crippen molar-refractivity contribution in [2.75, 3.05) is 0 Å². The molecule has 96 valence electrons. The number of fused-ring (bicyclic) bond motifs is 1. The first-order valence-electron chi connectivity index (χ1n) is 5.38. The molecule has 0 aliphatic heterocycles. The van der Waals surface area contributed by atoms with Crippen LogP contribution in [0.5, 0.6) is 0 Å². The molecule has 0 fully saturated rings. The Morgan fingerprint density at radius 1 is 1.37 bits per heavy atom. The minimum atomic E-state index is -0.867. The van der Waals surface area contributed by atoms with Crippen molar-refractivity contribution >= 4 is 50.5 Å². The number of benzene rings is 1. The van der Waals surface area contributed by atoms with E-state index in [4.69, 9.17) is 0 Å². The third-order valence-corrected chi connectivity index (χ3v) is 5.66. The first kappa shape index (κ1) is 12.6. The van der Waals surface area contributed by atoms with Crippen LogP contribution in [0.3, 0.4) is 0 Å². The molecule has 0 saturated carbocycles. The largest absolute Gasteiger partial charge is 0.477 e. The third kappa shape index (κ3) is 2.49. The fourth-order valence-electron chi connectivity index (χ4n) is 1.77. The van der Waals surface area contributed by atoms with Crippen molar-refractivity contribution in [3.63, 3.8) is 0 Å². The van der Waals surface area contributed by atoms with E-state index < -0.39 is 5.97 Å². The Morgan fingerprint density at radius 2 is 2.21 bits per heavy atom. The molecule has 0 spiro atoms. The van der Waals surface area contributed by atoms with E-state index in [1.54, 1.807) is 5.51 Å². The Kier molecular flexibility index (Phi) is 3.50. The van der Waals surface area contributed by atoms with E-state index in [-0.39, 0.29) is 0 Å². The summed E-state index contributed by atoms with van der Waals surface area (Å²) >= 11 is 4.30. The molecule has 2 heterocycles. The van der Waals surface area contributed by atoms with Crippen molar-refractivity contribution in [1.29, 1.82) is 0 Å². The molecule has 1 N–H and O–H groups in total. The second-order valence-electron chi connectivity index (χ2n) is 3.70. The highest BCUT2D eigenvalue weighted by atomic mass is 32.2. The average molecular weight is 308 g/mol. The molecule has 0 unspecified atom stereocenters. The highest BCUT2D eigenvalue weighted by Crippen LogP contribution is 2.35. The highest BCUT2D eigenvalue weighted by molar-refractivity contribution is 8.00. The summed E-state index contributed by atoms with van der Waals surface area (Å²) < 4.78 is 1.86. The first-order valence-corrected chi connectivity index (χ1v) is 8.06. The van der Waals surface area contributed by atoms with E-state index in [2.05, 4.69) is 10.2 Å². The first-order chi connectivity index (χ1) is 9.25. The number of hydrogen-bond acceptors (Lipinski definition) is 6. The van der Waals surface area contributed by atoms with Gasteiger partial charge < -0.3 is 5.11 Å². The number of carboxylic acid groups (broad SMARTS) is 1. The maximum absolute atomic E-state index is 11.3. The van der Waals surface area contributed by atoms with Gasteiger partial charge in [-0.2, -0.15) is 0 Å². The molecule has 0 aliphatic rings. The van der Waals surface area contributed by atoms with Gasteiger partial charge in [0.1, 0.15) is 10.4 Å². The predicted molar refractivity (Wildman–Crippen MR) is 78.3 cm³/mol. The number of thiophene rings is 1. The van der Waals surface area contributed by atoms with Gasteiger partial charge >= 0.3 is 5.97 Å². The van der Waals surface area contributed by atoms with Gasteiger partial charge in [0.25, 0.3) is 0 Å². The Hall–Kier alpha value is -1.44. The number of aromatic carboxylic acids is 1. The molecule has 0 amide bonds. The van der Waals surface area contributed by atoms with E-state index in [1.807, 2.05) is 24.3 Å². The number of carbonyl (C=O) groups is 1. The number of thioether (sulfide) groups is 1. The second-order valence-corrected chi connectivity index (χ2v) is 6.81. The van der Waals surface area contributed by atoms with Crippen molar-refractivity contribution in [2.24, 2.45) is 0 Å². The summed E-state index contributed by atoms with van der Waals surface area (Å²) in [5.41, 5.74) is 2.54. The monoisotopic (exact) mass is 308 g/mol. The second kappa shape index (κ2) is 5.28. The van der Waals surface area contributed by atoms with Crippen LogP contribution in [0, 0.1) is 0 Å². The molecule has 0 bridgehead atoms. The van der Waals surface area contributed by atoms with E-state index in [0.29, 0.717) is 10.6 Å². The van der Waals surface area contributed by atoms with Crippen molar-refractivity contribution in [3.05, 3.63) is 40.2 Å². The van der Waals surface area contributed by atoms with Crippen LogP contribution in [0.15, 0.2) is 34.1 Å². The van der Waals surface area contributed by atoms with Crippen molar-refractivity contribution in [2.45, 2.75) is 10.1 Å². The quantitative estimate of drug-likeness (QED) is 0.744. The zero-order chi connectivity index (χ0) is 13.2. The average Bonchev–Trinajstić information content (AvgIpc) is 3.03. The van der Waals surface area contributed by atoms with E-state index in [1.165, 1.54) is 34.4 Å². The van der Waals surface area contributed by atoms with Crippen LogP contribution in [0.1, 0.15) is 15.2 Å². The molecular weight excluding hydrogens is 300 g/mol. The summed E-state index contributed by atoms with van der Waals surface area (Å²) in [6.07, 6.45) is 0. The smallest absolute Gasteiger partial charge is 0.346 e. The van der Waals surface area contributed by atoms with Gasteiger partial charge in [-0.1, -0.05) is 41.3 Å². The van der Waals surface area contributed by atoms with Gasteiger partial charge in [-0.15, -0.1) is 21.5 Å². The van der Waals surface area contributed by atoms with Crippen LogP contribution in [-0.4, -0.2) is 21.3 Å². The standard InChI is InChI=1S/C12H8N2O2S3/c15-11(16)10-8(5-17-12-14-13-6-18-12)7-3-1-2-4-9(7)19-10/h1-4,6H,5H2,(H,15,16). The molecule has 3 rings (SSSR count). The summed E-state index contributed by atoms with van der Waals surface area (Å²) in [6, 6.07) is 7.77. The highest BCUT2D eigenvalue weighted by Gasteiger charge is 2.17. The lowest BCUT2D eigenvalue weighted by Crippen LogP contribution is -1.96. The molecule has 2 aromatic heterocycles. The summed E-state index contributed by atoms with van der Waals surface area (Å²) in [5.74, 6) is -0.269. The van der Waals surface area contributed by atoms with E-state index >= 15 is 0 Å². The zero-order valence-electron chi connectivity index (χ0n) is 9.57. The predicted octanol–water partition coefficient (Wildman–Crippen LogP) is 3.74. The SMILES string of the molecule is O=C(O)c1sc2ccccc2c1CSc1nncs1. The van der Waals surface area contributed by atoms with Gasteiger partial charge in [-0.25, -0.2) is 4.79 Å². The zero-order valence-corrected chi connectivity index (χ0v) is 12.0. The summed E-state index contributed by atoms with van der Waals surface area (Å²) in [7, 11) is 0. The summed E-state index contributed by atoms with van der Waals surface area (Å²) in [4.78, 5) is 11.7. The van der Waals surface area contributed by atoms with Crippen molar-refractivity contribution in [3.8, 4) is 0 Å². The minimum Gasteiger partial charge on any atom is -0.477 e. The van der Waals surface area contributed by atoms with Gasteiger partial charge in [-0.3, -0.25) is 0 Å². The fourth-order valence-corrected chi connectivity index (χ4v) is 4.46. The maximum atomic E-state index is 11.3. The molecule has 0 saturated heterocycles. The van der Waals surface area contributed by atoms with Crippen molar-refractivity contribution in [1.82, 2.24) is 10.2 Å². The maximum Gasteiger partial charge on any atom is 0.346 e. The molecule has 0 aliphatic carbocycles. The van der Waals surface area contributed by atoms with E-state index in [9.17, 15) is 9.90 Å². The molecule has 7 heteroatoms. The minimum absolute atomic E-state index is 0.415. The van der Waals surface area contributed by atoms with Gasteiger partial charge in [0, 0.05) is 10.5 Å². The van der Waals surface area contributed by atoms with E-state index in [0.717, 1.165) is 20.0 Å².